The van der Waals surface area contributed by atoms with Gasteiger partial charge in [0.1, 0.15) is 0 Å². The van der Waals surface area contributed by atoms with Gasteiger partial charge in [-0.2, -0.15) is 0 Å². The fraction of sp³-hybridized carbons (Fsp3) is 0.115. The van der Waals surface area contributed by atoms with E-state index in [1.54, 1.807) is 0 Å². The van der Waals surface area contributed by atoms with Gasteiger partial charge in [-0.25, -0.2) is 0 Å². The molecule has 8 aromatic carbocycles. The van der Waals surface area contributed by atoms with E-state index in [1.165, 1.54) is 77.8 Å². The van der Waals surface area contributed by atoms with Crippen LogP contribution in [0, 0.1) is 0 Å². The van der Waals surface area contributed by atoms with Crippen molar-refractivity contribution in [1.29, 1.82) is 0 Å². The largest absolute Gasteiger partial charge is 0.334 e. The van der Waals surface area contributed by atoms with Gasteiger partial charge in [-0.1, -0.05) is 188 Å². The van der Waals surface area contributed by atoms with Crippen molar-refractivity contribution in [3.63, 3.8) is 0 Å². The Kier molecular flexibility index (Phi) is 9.18. The van der Waals surface area contributed by atoms with Gasteiger partial charge >= 0.3 is 0 Å². The zero-order valence-electron chi connectivity index (χ0n) is 35.4. The van der Waals surface area contributed by atoms with Gasteiger partial charge in [0.25, 0.3) is 0 Å². The number of nitrogens with zero attached hydrogens (tertiary/aromatic N) is 2. The van der Waals surface area contributed by atoms with Crippen molar-refractivity contribution in [2.75, 3.05) is 9.80 Å². The van der Waals surface area contributed by atoms with Crippen molar-refractivity contribution < 1.29 is 0 Å². The Morgan fingerprint density at radius 1 is 0.540 bits per heavy atom. The fourth-order valence-electron chi connectivity index (χ4n) is 11.2. The second kappa shape index (κ2) is 15.5. The number of anilines is 4. The standard InChI is InChI=1S/C61H48N2/c1-4-18-46(19-5-1)60-41-47-20-11-15-29-58(47)63(60)51-37-33-44(34-38-51)43-31-35-50(36-32-43)62(59-30-16-21-45-17-10-12-26-53(45)59)52-39-40-55-54-27-13-14-28-56(54)61(57(55)42-52,48-22-6-2-7-23-48)49-24-8-3-9-25-49/h1-8,10,12-14,16-24,26-40,42,60H,9,11,15,25,41H2. The zero-order valence-corrected chi connectivity index (χ0v) is 35.4. The van der Waals surface area contributed by atoms with Gasteiger partial charge in [-0.15, -0.1) is 0 Å². The molecule has 3 aliphatic carbocycles. The summed E-state index contributed by atoms with van der Waals surface area (Å²) in [4.78, 5) is 5.04. The molecule has 1 fully saturated rings. The maximum Gasteiger partial charge on any atom is 0.0677 e. The molecule has 2 heteroatoms. The summed E-state index contributed by atoms with van der Waals surface area (Å²) in [5.41, 5.74) is 19.0. The Morgan fingerprint density at radius 2 is 1.22 bits per heavy atom. The van der Waals surface area contributed by atoms with Crippen molar-refractivity contribution in [2.24, 2.45) is 0 Å². The smallest absolute Gasteiger partial charge is 0.0677 e. The van der Waals surface area contributed by atoms with Crippen molar-refractivity contribution in [2.45, 2.75) is 43.6 Å². The summed E-state index contributed by atoms with van der Waals surface area (Å²) in [6, 6.07) is 72.8. The first-order valence-electron chi connectivity index (χ1n) is 22.6. The molecule has 63 heavy (non-hydrogen) atoms. The molecule has 2 nitrogen and oxygen atoms in total. The minimum absolute atomic E-state index is 0.300. The van der Waals surface area contributed by atoms with Crippen LogP contribution in [0.5, 0.6) is 0 Å². The Bertz CT molecular complexity index is 3130. The lowest BCUT2D eigenvalue weighted by atomic mass is 9.65. The molecule has 0 saturated carbocycles. The second-order valence-corrected chi connectivity index (χ2v) is 17.4. The first-order chi connectivity index (χ1) is 31.3. The van der Waals surface area contributed by atoms with Crippen molar-refractivity contribution in [3.8, 4) is 22.3 Å². The minimum atomic E-state index is -0.407. The molecule has 0 amide bonds. The molecule has 2 unspecified atom stereocenters. The van der Waals surface area contributed by atoms with Gasteiger partial charge in [0.05, 0.1) is 17.1 Å². The summed E-state index contributed by atoms with van der Waals surface area (Å²) in [5, 5.41) is 2.45. The van der Waals surface area contributed by atoms with Crippen LogP contribution in [0.4, 0.5) is 22.7 Å². The first kappa shape index (κ1) is 37.4. The molecule has 1 saturated heterocycles. The minimum Gasteiger partial charge on any atom is -0.334 e. The summed E-state index contributed by atoms with van der Waals surface area (Å²) in [7, 11) is 0. The molecule has 12 rings (SSSR count). The number of rotatable bonds is 8. The third kappa shape index (κ3) is 6.15. The lowest BCUT2D eigenvalue weighted by Gasteiger charge is -2.37. The molecule has 0 bridgehead atoms. The van der Waals surface area contributed by atoms with Crippen LogP contribution in [0.15, 0.2) is 241 Å². The number of hydrogen-bond acceptors (Lipinski definition) is 2. The molecule has 8 aromatic rings. The molecule has 0 N–H and O–H groups in total. The molecule has 1 heterocycles. The molecule has 2 atom stereocenters. The van der Waals surface area contributed by atoms with Crippen molar-refractivity contribution in [1.82, 2.24) is 0 Å². The van der Waals surface area contributed by atoms with Gasteiger partial charge in [-0.05, 0) is 130 Å². The SMILES string of the molecule is C1=CCCC(C2(c3ccccc3)c3ccccc3-c3ccc(N(c4ccc(-c5ccc(N6C7=CCCC=C7CC6c6ccccc6)cc5)cc4)c4cccc5ccccc45)cc32)=C1. The predicted molar refractivity (Wildman–Crippen MR) is 264 cm³/mol. The summed E-state index contributed by atoms with van der Waals surface area (Å²) >= 11 is 0. The van der Waals surface area contributed by atoms with Gasteiger partial charge in [-0.3, -0.25) is 0 Å². The van der Waals surface area contributed by atoms with Crippen LogP contribution < -0.4 is 9.80 Å². The zero-order chi connectivity index (χ0) is 41.7. The highest BCUT2D eigenvalue weighted by Crippen LogP contribution is 2.59. The van der Waals surface area contributed by atoms with Gasteiger partial charge in [0, 0.05) is 28.1 Å². The predicted octanol–water partition coefficient (Wildman–Crippen LogP) is 16.1. The molecular weight excluding hydrogens is 761 g/mol. The van der Waals surface area contributed by atoms with E-state index in [-0.39, 0.29) is 0 Å². The molecule has 0 radical (unpaired) electrons. The summed E-state index contributed by atoms with van der Waals surface area (Å²) in [6.45, 7) is 0. The van der Waals surface area contributed by atoms with Crippen LogP contribution in [-0.2, 0) is 5.41 Å². The number of hydrogen-bond donors (Lipinski definition) is 0. The number of allylic oxidation sites excluding steroid dienone is 7. The van der Waals surface area contributed by atoms with E-state index in [9.17, 15) is 0 Å². The maximum atomic E-state index is 2.57. The lowest BCUT2D eigenvalue weighted by molar-refractivity contribution is 0.693. The van der Waals surface area contributed by atoms with Crippen LogP contribution in [0.1, 0.15) is 60.4 Å². The summed E-state index contributed by atoms with van der Waals surface area (Å²) in [6.07, 6.45) is 17.2. The molecule has 0 spiro atoms. The molecule has 302 valence electrons. The second-order valence-electron chi connectivity index (χ2n) is 17.4. The summed E-state index contributed by atoms with van der Waals surface area (Å²) in [5.74, 6) is 0. The normalized spacial score (nSPS) is 18.6. The van der Waals surface area contributed by atoms with E-state index < -0.39 is 5.41 Å². The average Bonchev–Trinajstić information content (AvgIpc) is 3.90. The van der Waals surface area contributed by atoms with E-state index in [2.05, 4.69) is 234 Å². The van der Waals surface area contributed by atoms with Crippen LogP contribution in [0.25, 0.3) is 33.0 Å². The highest BCUT2D eigenvalue weighted by Gasteiger charge is 2.47. The Balaban J connectivity index is 0.966. The van der Waals surface area contributed by atoms with Crippen LogP contribution in [0.2, 0.25) is 0 Å². The summed E-state index contributed by atoms with van der Waals surface area (Å²) < 4.78 is 0. The monoisotopic (exact) mass is 808 g/mol. The van der Waals surface area contributed by atoms with E-state index in [1.807, 2.05) is 0 Å². The fourth-order valence-corrected chi connectivity index (χ4v) is 11.2. The maximum absolute atomic E-state index is 2.57. The molecule has 4 aliphatic rings. The third-order valence-corrected chi connectivity index (χ3v) is 14.0. The third-order valence-electron chi connectivity index (χ3n) is 14.0. The average molecular weight is 809 g/mol. The van der Waals surface area contributed by atoms with E-state index in [4.69, 9.17) is 0 Å². The van der Waals surface area contributed by atoms with Gasteiger partial charge in [0.2, 0.25) is 0 Å². The van der Waals surface area contributed by atoms with Crippen LogP contribution in [-0.4, -0.2) is 0 Å². The molecule has 0 aromatic heterocycles. The highest BCUT2D eigenvalue weighted by atomic mass is 15.2. The Hall–Kier alpha value is -7.42. The van der Waals surface area contributed by atoms with Crippen molar-refractivity contribution >= 4 is 33.5 Å². The van der Waals surface area contributed by atoms with Crippen molar-refractivity contribution in [3.05, 3.63) is 264 Å². The Morgan fingerprint density at radius 3 is 2.03 bits per heavy atom. The molecular formula is C61H48N2. The number of fused-ring (bicyclic) bond motifs is 5. The lowest BCUT2D eigenvalue weighted by Crippen LogP contribution is -2.30. The first-order valence-corrected chi connectivity index (χ1v) is 22.6. The topological polar surface area (TPSA) is 6.48 Å². The quantitative estimate of drug-likeness (QED) is 0.151. The van der Waals surface area contributed by atoms with Gasteiger partial charge < -0.3 is 9.80 Å². The van der Waals surface area contributed by atoms with E-state index in [0.29, 0.717) is 6.04 Å². The molecule has 1 aliphatic heterocycles. The highest BCUT2D eigenvalue weighted by molar-refractivity contribution is 6.00. The van der Waals surface area contributed by atoms with E-state index in [0.717, 1.165) is 49.2 Å². The van der Waals surface area contributed by atoms with Crippen LogP contribution in [0.3, 0.4) is 0 Å². The Labute approximate surface area is 371 Å². The van der Waals surface area contributed by atoms with E-state index >= 15 is 0 Å². The van der Waals surface area contributed by atoms with Gasteiger partial charge in [0.15, 0.2) is 0 Å². The number of benzene rings is 8. The van der Waals surface area contributed by atoms with Crippen LogP contribution >= 0.6 is 0 Å².